The Labute approximate surface area is 288 Å². The molecule has 0 aliphatic carbocycles. The van der Waals surface area contributed by atoms with Crippen molar-refractivity contribution in [1.82, 2.24) is 38.7 Å². The number of phenolic OH excluding ortho intramolecular Hbond substituents is 1. The van der Waals surface area contributed by atoms with Gasteiger partial charge >= 0.3 is 0 Å². The van der Waals surface area contributed by atoms with E-state index in [4.69, 9.17) is 5.73 Å². The third kappa shape index (κ3) is 6.39. The van der Waals surface area contributed by atoms with Crippen LogP contribution in [0, 0.1) is 0 Å². The SMILES string of the molecule is CC(CN(C)C(=O)c1nn(C)c(Nc2c(Br)c(=O)n(C)n(C)c2=O)c1N)n1[nH]c(=O)c(Br)c(Nc2cccc(C(=O)N(C)C)c2O)c1=O. The van der Waals surface area contributed by atoms with Crippen LogP contribution in [0.15, 0.2) is 46.3 Å². The maximum Gasteiger partial charge on any atom is 0.290 e. The van der Waals surface area contributed by atoms with E-state index in [9.17, 15) is 33.9 Å². The van der Waals surface area contributed by atoms with Crippen molar-refractivity contribution in [2.75, 3.05) is 44.1 Å². The highest BCUT2D eigenvalue weighted by atomic mass is 79.9. The average Bonchev–Trinajstić information content (AvgIpc) is 3.32. The van der Waals surface area contributed by atoms with Crippen LogP contribution in [0.5, 0.6) is 5.75 Å². The van der Waals surface area contributed by atoms with E-state index >= 15 is 0 Å². The molecule has 0 aliphatic rings. The molecule has 0 aliphatic heterocycles. The zero-order chi connectivity index (χ0) is 35.9. The molecule has 1 atom stereocenters. The molecule has 4 aromatic rings. The molecule has 256 valence electrons. The van der Waals surface area contributed by atoms with Crippen molar-refractivity contribution < 1.29 is 14.7 Å². The van der Waals surface area contributed by atoms with Crippen LogP contribution in [-0.4, -0.2) is 83.3 Å². The number of amides is 2. The lowest BCUT2D eigenvalue weighted by Gasteiger charge is -2.23. The average molecular weight is 795 g/mol. The molecule has 6 N–H and O–H groups in total. The Bertz CT molecular complexity index is 2200. The highest BCUT2D eigenvalue weighted by Crippen LogP contribution is 2.32. The summed E-state index contributed by atoms with van der Waals surface area (Å²) in [6.07, 6.45) is 0. The summed E-state index contributed by atoms with van der Waals surface area (Å²) in [6, 6.07) is 3.56. The number of anilines is 5. The van der Waals surface area contributed by atoms with E-state index in [2.05, 4.69) is 52.7 Å². The number of hydrogen-bond acceptors (Lipinski definition) is 11. The number of aromatic amines is 1. The van der Waals surface area contributed by atoms with Gasteiger partial charge in [0.25, 0.3) is 34.1 Å². The number of halogens is 2. The molecular formula is C28H33Br2N11O7. The van der Waals surface area contributed by atoms with Crippen LogP contribution >= 0.6 is 31.9 Å². The molecule has 3 heterocycles. The van der Waals surface area contributed by atoms with Crippen molar-refractivity contribution >= 4 is 72.2 Å². The summed E-state index contributed by atoms with van der Waals surface area (Å²) in [7, 11) is 8.82. The molecule has 1 unspecified atom stereocenters. The monoisotopic (exact) mass is 793 g/mol. The quantitative estimate of drug-likeness (QED) is 0.150. The Kier molecular flexibility index (Phi) is 10.1. The highest BCUT2D eigenvalue weighted by Gasteiger charge is 2.27. The van der Waals surface area contributed by atoms with Gasteiger partial charge in [-0.2, -0.15) is 5.10 Å². The number of carbonyl (C=O) groups is 2. The predicted molar refractivity (Wildman–Crippen MR) is 186 cm³/mol. The van der Waals surface area contributed by atoms with E-state index in [1.807, 2.05) is 0 Å². The number of nitrogens with two attached hydrogens (primary N) is 1. The van der Waals surface area contributed by atoms with Gasteiger partial charge in [0.2, 0.25) is 0 Å². The molecule has 0 fully saturated rings. The van der Waals surface area contributed by atoms with Gasteiger partial charge in [-0.1, -0.05) is 6.07 Å². The minimum atomic E-state index is -0.801. The molecule has 18 nitrogen and oxygen atoms in total. The number of rotatable bonds is 9. The maximum atomic E-state index is 13.6. The Hall–Kier alpha value is -5.11. The zero-order valence-corrected chi connectivity index (χ0v) is 30.0. The van der Waals surface area contributed by atoms with Crippen molar-refractivity contribution in [3.63, 3.8) is 0 Å². The van der Waals surface area contributed by atoms with Crippen molar-refractivity contribution in [1.29, 1.82) is 0 Å². The van der Waals surface area contributed by atoms with Crippen LogP contribution in [-0.2, 0) is 21.1 Å². The Morgan fingerprint density at radius 3 is 2.19 bits per heavy atom. The number of phenols is 1. The van der Waals surface area contributed by atoms with Crippen LogP contribution in [0.4, 0.5) is 28.6 Å². The maximum absolute atomic E-state index is 13.6. The number of nitrogens with one attached hydrogen (secondary N) is 3. The minimum absolute atomic E-state index is 0.00777. The van der Waals surface area contributed by atoms with Gasteiger partial charge in [0.15, 0.2) is 17.3 Å². The Morgan fingerprint density at radius 2 is 1.56 bits per heavy atom. The fraction of sp³-hybridized carbons (Fsp3) is 0.321. The number of benzene rings is 1. The first-order valence-corrected chi connectivity index (χ1v) is 15.6. The van der Waals surface area contributed by atoms with Crippen LogP contribution in [0.1, 0.15) is 33.8 Å². The molecule has 0 saturated heterocycles. The molecule has 3 aromatic heterocycles. The van der Waals surface area contributed by atoms with Gasteiger partial charge in [-0.3, -0.25) is 33.9 Å². The Balaban J connectivity index is 1.62. The largest absolute Gasteiger partial charge is 0.505 e. The second-order valence-corrected chi connectivity index (χ2v) is 12.7. The van der Waals surface area contributed by atoms with Crippen molar-refractivity contribution in [3.8, 4) is 5.75 Å². The van der Waals surface area contributed by atoms with Gasteiger partial charge in [0.05, 0.1) is 17.3 Å². The number of nitrogens with zero attached hydrogens (tertiary/aromatic N) is 7. The normalized spacial score (nSPS) is 11.7. The first-order chi connectivity index (χ1) is 22.4. The summed E-state index contributed by atoms with van der Waals surface area (Å²) in [5.41, 5.74) is 3.25. The smallest absolute Gasteiger partial charge is 0.290 e. The highest BCUT2D eigenvalue weighted by molar-refractivity contribution is 9.11. The number of aromatic nitrogens is 6. The number of aromatic hydroxyl groups is 1. The van der Waals surface area contributed by atoms with Crippen LogP contribution in [0.25, 0.3) is 0 Å². The first kappa shape index (κ1) is 35.7. The van der Waals surface area contributed by atoms with Gasteiger partial charge in [-0.05, 0) is 50.9 Å². The number of aryl methyl sites for hydroxylation is 1. The van der Waals surface area contributed by atoms with Crippen LogP contribution < -0.4 is 38.6 Å². The molecule has 0 bridgehead atoms. The topological polar surface area (TPSA) is 228 Å². The fourth-order valence-electron chi connectivity index (χ4n) is 4.74. The van der Waals surface area contributed by atoms with E-state index in [-0.39, 0.29) is 55.3 Å². The number of carbonyl (C=O) groups excluding carboxylic acids is 2. The lowest BCUT2D eigenvalue weighted by molar-refractivity contribution is 0.0767. The van der Waals surface area contributed by atoms with Gasteiger partial charge in [-0.25, -0.2) is 18.7 Å². The molecule has 4 rings (SSSR count). The van der Waals surface area contributed by atoms with Crippen LogP contribution in [0.2, 0.25) is 0 Å². The number of hydrogen-bond donors (Lipinski definition) is 5. The summed E-state index contributed by atoms with van der Waals surface area (Å²) < 4.78 is 4.29. The summed E-state index contributed by atoms with van der Waals surface area (Å²) in [5, 5.41) is 23.0. The molecular weight excluding hydrogens is 762 g/mol. The zero-order valence-electron chi connectivity index (χ0n) is 26.9. The van der Waals surface area contributed by atoms with E-state index in [0.29, 0.717) is 0 Å². The molecule has 0 spiro atoms. The number of para-hydroxylation sites is 1. The summed E-state index contributed by atoms with van der Waals surface area (Å²) in [6.45, 7) is 1.48. The summed E-state index contributed by atoms with van der Waals surface area (Å²) in [4.78, 5) is 80.3. The lowest BCUT2D eigenvalue weighted by atomic mass is 10.1. The molecule has 0 saturated carbocycles. The van der Waals surface area contributed by atoms with Crippen molar-refractivity contribution in [2.24, 2.45) is 21.1 Å². The van der Waals surface area contributed by atoms with E-state index in [1.165, 1.54) is 75.0 Å². The molecule has 0 radical (unpaired) electrons. The van der Waals surface area contributed by atoms with Crippen molar-refractivity contribution in [2.45, 2.75) is 13.0 Å². The molecule has 20 heteroatoms. The minimum Gasteiger partial charge on any atom is -0.505 e. The Morgan fingerprint density at radius 1 is 0.958 bits per heavy atom. The second kappa shape index (κ2) is 13.6. The molecule has 48 heavy (non-hydrogen) atoms. The summed E-state index contributed by atoms with van der Waals surface area (Å²) >= 11 is 6.26. The standard InChI is InChI=1S/C28H33Br2N11O7/c1-12(41-28(48)18(15(29)23(43)35-41)32-14-10-8-9-13(21(14)42)24(44)36(2)3)11-37(4)26(46)20-17(31)22(38(5)34-20)33-19-16(30)25(45)39(6)40(7)27(19)47/h8-10,12,32-33,42H,11,31H2,1-7H3,(H,35,43). The number of likely N-dealkylation sites (N-methyl/N-ethyl adjacent to an activating group) is 1. The van der Waals surface area contributed by atoms with Crippen molar-refractivity contribution in [3.05, 3.63) is 79.8 Å². The lowest BCUT2D eigenvalue weighted by Crippen LogP contribution is -2.39. The van der Waals surface area contributed by atoms with E-state index < -0.39 is 45.8 Å². The van der Waals surface area contributed by atoms with E-state index in [0.717, 1.165) is 14.0 Å². The van der Waals surface area contributed by atoms with Gasteiger partial charge in [0, 0.05) is 48.8 Å². The predicted octanol–water partition coefficient (Wildman–Crippen LogP) is 1.00. The fourth-order valence-corrected chi connectivity index (χ4v) is 5.62. The third-order valence-corrected chi connectivity index (χ3v) is 9.01. The number of H-pyrrole nitrogens is 1. The summed E-state index contributed by atoms with van der Waals surface area (Å²) in [5.74, 6) is -1.46. The number of nitrogen functional groups attached to an aromatic ring is 1. The molecule has 1 aromatic carbocycles. The van der Waals surface area contributed by atoms with Gasteiger partial charge < -0.3 is 31.3 Å². The van der Waals surface area contributed by atoms with Gasteiger partial charge in [-0.15, -0.1) is 0 Å². The van der Waals surface area contributed by atoms with E-state index in [1.54, 1.807) is 6.92 Å². The van der Waals surface area contributed by atoms with Gasteiger partial charge in [0.1, 0.15) is 26.0 Å². The first-order valence-electron chi connectivity index (χ1n) is 14.0. The molecule has 2 amide bonds. The second-order valence-electron chi connectivity index (χ2n) is 11.1. The third-order valence-electron chi connectivity index (χ3n) is 7.52. The van der Waals surface area contributed by atoms with Crippen LogP contribution in [0.3, 0.4) is 0 Å².